The Morgan fingerprint density at radius 1 is 0.962 bits per heavy atom. The van der Waals surface area contributed by atoms with Crippen LogP contribution in [0, 0.1) is 0 Å². The van der Waals surface area contributed by atoms with Crippen LogP contribution in [0.25, 0.3) is 0 Å². The SMILES string of the molecule is CC(C)N(C(=O)[C@@H](C)OC(=O)c1ccc2c(c1)C(=O)N(C)C2=O)C(C)C. The van der Waals surface area contributed by atoms with Gasteiger partial charge in [-0.3, -0.25) is 19.3 Å². The predicted octanol–water partition coefficient (Wildman–Crippen LogP) is 2.10. The maximum atomic E-state index is 12.6. The summed E-state index contributed by atoms with van der Waals surface area (Å²) in [5, 5.41) is 0. The summed E-state index contributed by atoms with van der Waals surface area (Å²) in [6, 6.07) is 4.13. The molecule has 1 aliphatic rings. The van der Waals surface area contributed by atoms with Crippen LogP contribution in [-0.4, -0.2) is 58.7 Å². The molecule has 140 valence electrons. The average molecular weight is 360 g/mol. The number of benzene rings is 1. The van der Waals surface area contributed by atoms with Crippen molar-refractivity contribution in [1.29, 1.82) is 0 Å². The van der Waals surface area contributed by atoms with Crippen LogP contribution in [0.15, 0.2) is 18.2 Å². The Kier molecular flexibility index (Phi) is 5.49. The third kappa shape index (κ3) is 3.47. The number of imide groups is 1. The van der Waals surface area contributed by atoms with Crippen molar-refractivity contribution in [3.63, 3.8) is 0 Å². The van der Waals surface area contributed by atoms with Crippen LogP contribution in [0.4, 0.5) is 0 Å². The van der Waals surface area contributed by atoms with Crippen molar-refractivity contribution in [2.24, 2.45) is 0 Å². The number of carbonyl (C=O) groups is 4. The first-order valence-corrected chi connectivity index (χ1v) is 8.55. The zero-order chi connectivity index (χ0) is 19.8. The lowest BCUT2D eigenvalue weighted by molar-refractivity contribution is -0.143. The molecule has 0 unspecified atom stereocenters. The fourth-order valence-electron chi connectivity index (χ4n) is 3.08. The van der Waals surface area contributed by atoms with Gasteiger partial charge in [0, 0.05) is 19.1 Å². The molecule has 0 spiro atoms. The quantitative estimate of drug-likeness (QED) is 0.593. The summed E-state index contributed by atoms with van der Waals surface area (Å²) in [5.41, 5.74) is 0.543. The van der Waals surface area contributed by atoms with Gasteiger partial charge in [-0.2, -0.15) is 0 Å². The van der Waals surface area contributed by atoms with E-state index in [9.17, 15) is 19.2 Å². The van der Waals surface area contributed by atoms with Crippen LogP contribution in [-0.2, 0) is 9.53 Å². The summed E-state index contributed by atoms with van der Waals surface area (Å²) >= 11 is 0. The van der Waals surface area contributed by atoms with E-state index in [-0.39, 0.29) is 34.7 Å². The van der Waals surface area contributed by atoms with E-state index in [2.05, 4.69) is 0 Å². The Morgan fingerprint density at radius 2 is 1.50 bits per heavy atom. The largest absolute Gasteiger partial charge is 0.449 e. The van der Waals surface area contributed by atoms with Gasteiger partial charge in [0.2, 0.25) is 0 Å². The van der Waals surface area contributed by atoms with E-state index in [1.165, 1.54) is 32.2 Å². The monoisotopic (exact) mass is 360 g/mol. The molecule has 0 N–H and O–H groups in total. The van der Waals surface area contributed by atoms with Crippen LogP contribution >= 0.6 is 0 Å². The number of amides is 3. The maximum Gasteiger partial charge on any atom is 0.338 e. The first-order valence-electron chi connectivity index (χ1n) is 8.55. The molecule has 0 fully saturated rings. The van der Waals surface area contributed by atoms with E-state index >= 15 is 0 Å². The van der Waals surface area contributed by atoms with Gasteiger partial charge in [-0.15, -0.1) is 0 Å². The van der Waals surface area contributed by atoms with Gasteiger partial charge < -0.3 is 9.64 Å². The van der Waals surface area contributed by atoms with Gasteiger partial charge in [0.25, 0.3) is 17.7 Å². The minimum atomic E-state index is -0.958. The minimum absolute atomic E-state index is 0.0252. The van der Waals surface area contributed by atoms with Crippen LogP contribution < -0.4 is 0 Å². The van der Waals surface area contributed by atoms with Gasteiger partial charge in [0.05, 0.1) is 16.7 Å². The van der Waals surface area contributed by atoms with Gasteiger partial charge in [-0.1, -0.05) is 0 Å². The second kappa shape index (κ2) is 7.27. The number of hydrogen-bond acceptors (Lipinski definition) is 5. The molecule has 7 heteroatoms. The molecule has 0 aromatic heterocycles. The molecule has 26 heavy (non-hydrogen) atoms. The molecule has 0 saturated heterocycles. The van der Waals surface area contributed by atoms with Crippen molar-refractivity contribution in [1.82, 2.24) is 9.80 Å². The van der Waals surface area contributed by atoms with Gasteiger partial charge in [-0.05, 0) is 52.8 Å². The molecule has 3 amide bonds. The second-order valence-corrected chi connectivity index (χ2v) is 6.91. The van der Waals surface area contributed by atoms with Gasteiger partial charge in [0.1, 0.15) is 0 Å². The maximum absolute atomic E-state index is 12.6. The Labute approximate surface area is 152 Å². The molecule has 0 bridgehead atoms. The third-order valence-corrected chi connectivity index (χ3v) is 4.32. The Hall–Kier alpha value is -2.70. The predicted molar refractivity (Wildman–Crippen MR) is 94.9 cm³/mol. The molecule has 0 aliphatic carbocycles. The van der Waals surface area contributed by atoms with E-state index in [0.717, 1.165) is 4.90 Å². The highest BCUT2D eigenvalue weighted by Crippen LogP contribution is 2.23. The Morgan fingerprint density at radius 3 is 2.04 bits per heavy atom. The molecule has 1 heterocycles. The van der Waals surface area contributed by atoms with Crippen molar-refractivity contribution in [3.8, 4) is 0 Å². The van der Waals surface area contributed by atoms with Crippen molar-refractivity contribution in [3.05, 3.63) is 34.9 Å². The summed E-state index contributed by atoms with van der Waals surface area (Å²) in [6.45, 7) is 9.10. The summed E-state index contributed by atoms with van der Waals surface area (Å²) in [5.74, 6) is -1.86. The van der Waals surface area contributed by atoms with E-state index in [4.69, 9.17) is 4.74 Å². The minimum Gasteiger partial charge on any atom is -0.449 e. The number of carbonyl (C=O) groups excluding carboxylic acids is 4. The molecule has 1 aromatic rings. The number of rotatable bonds is 5. The van der Waals surface area contributed by atoms with E-state index in [1.54, 1.807) is 4.90 Å². The first kappa shape index (κ1) is 19.6. The highest BCUT2D eigenvalue weighted by Gasteiger charge is 2.34. The average Bonchev–Trinajstić information content (AvgIpc) is 2.78. The molecule has 1 atom stereocenters. The van der Waals surface area contributed by atoms with Gasteiger partial charge >= 0.3 is 5.97 Å². The molecule has 0 saturated carbocycles. The lowest BCUT2D eigenvalue weighted by Gasteiger charge is -2.32. The summed E-state index contributed by atoms with van der Waals surface area (Å²) < 4.78 is 5.29. The molecule has 7 nitrogen and oxygen atoms in total. The van der Waals surface area contributed by atoms with E-state index in [0.29, 0.717) is 0 Å². The number of ether oxygens (including phenoxy) is 1. The Balaban J connectivity index is 2.17. The summed E-state index contributed by atoms with van der Waals surface area (Å²) in [4.78, 5) is 51.5. The number of hydrogen-bond donors (Lipinski definition) is 0. The lowest BCUT2D eigenvalue weighted by Crippen LogP contribution is -2.47. The van der Waals surface area contributed by atoms with Crippen molar-refractivity contribution in [2.75, 3.05) is 7.05 Å². The van der Waals surface area contributed by atoms with E-state index < -0.39 is 23.9 Å². The van der Waals surface area contributed by atoms with E-state index in [1.807, 2.05) is 27.7 Å². The van der Waals surface area contributed by atoms with Crippen molar-refractivity contribution in [2.45, 2.75) is 52.8 Å². The highest BCUT2D eigenvalue weighted by molar-refractivity contribution is 6.21. The molecule has 1 aromatic carbocycles. The fraction of sp³-hybridized carbons (Fsp3) is 0.474. The smallest absolute Gasteiger partial charge is 0.338 e. The normalized spacial score (nSPS) is 14.7. The Bertz CT molecular complexity index is 761. The fourth-order valence-corrected chi connectivity index (χ4v) is 3.08. The standard InChI is InChI=1S/C19H24N2O5/c1-10(2)21(11(3)4)16(22)12(5)26-19(25)13-7-8-14-15(9-13)18(24)20(6)17(14)23/h7-12H,1-6H3/t12-/m1/s1. The number of fused-ring (bicyclic) bond motifs is 1. The zero-order valence-electron chi connectivity index (χ0n) is 15.9. The molecule has 0 radical (unpaired) electrons. The molecule has 2 rings (SSSR count). The van der Waals surface area contributed by atoms with Gasteiger partial charge in [0.15, 0.2) is 6.10 Å². The van der Waals surface area contributed by atoms with Crippen LogP contribution in [0.5, 0.6) is 0 Å². The van der Waals surface area contributed by atoms with Crippen LogP contribution in [0.2, 0.25) is 0 Å². The summed E-state index contributed by atoms with van der Waals surface area (Å²) in [6.07, 6.45) is -0.958. The molecular weight excluding hydrogens is 336 g/mol. The second-order valence-electron chi connectivity index (χ2n) is 6.91. The van der Waals surface area contributed by atoms with Crippen LogP contribution in [0.3, 0.4) is 0 Å². The summed E-state index contributed by atoms with van der Waals surface area (Å²) in [7, 11) is 1.38. The van der Waals surface area contributed by atoms with Gasteiger partial charge in [-0.25, -0.2) is 4.79 Å². The van der Waals surface area contributed by atoms with Crippen molar-refractivity contribution < 1.29 is 23.9 Å². The van der Waals surface area contributed by atoms with Crippen LogP contribution in [0.1, 0.15) is 65.7 Å². The van der Waals surface area contributed by atoms with Crippen molar-refractivity contribution >= 4 is 23.7 Å². The third-order valence-electron chi connectivity index (χ3n) is 4.32. The highest BCUT2D eigenvalue weighted by atomic mass is 16.5. The number of nitrogens with zero attached hydrogens (tertiary/aromatic N) is 2. The number of esters is 1. The molecular formula is C19H24N2O5. The molecule has 1 aliphatic heterocycles. The lowest BCUT2D eigenvalue weighted by atomic mass is 10.1. The zero-order valence-corrected chi connectivity index (χ0v) is 15.9. The topological polar surface area (TPSA) is 84.0 Å². The first-order chi connectivity index (χ1) is 12.1.